The summed E-state index contributed by atoms with van der Waals surface area (Å²) in [4.78, 5) is 26.1. The van der Waals surface area contributed by atoms with Crippen LogP contribution >= 0.6 is 0 Å². The first-order valence-corrected chi connectivity index (χ1v) is 13.7. The molecule has 0 amide bonds. The summed E-state index contributed by atoms with van der Waals surface area (Å²) in [7, 11) is 1.43. The van der Waals surface area contributed by atoms with Crippen LogP contribution in [0.15, 0.2) is 35.5 Å². The molecule has 0 radical (unpaired) electrons. The molecule has 210 valence electrons. The van der Waals surface area contributed by atoms with E-state index in [1.165, 1.54) is 7.11 Å². The second kappa shape index (κ2) is 10.2. The number of rotatable bonds is 4. The number of hydrogen-bond donors (Lipinski definition) is 3. The maximum Gasteiger partial charge on any atom is 0.335 e. The van der Waals surface area contributed by atoms with Crippen molar-refractivity contribution >= 4 is 11.9 Å². The Morgan fingerprint density at radius 1 is 1.24 bits per heavy atom. The van der Waals surface area contributed by atoms with Gasteiger partial charge in [-0.25, -0.2) is 9.59 Å². The number of esters is 2. The summed E-state index contributed by atoms with van der Waals surface area (Å²) in [5, 5.41) is 33.6. The lowest BCUT2D eigenvalue weighted by atomic mass is 9.54. The molecule has 1 spiro atoms. The van der Waals surface area contributed by atoms with E-state index < -0.39 is 78.0 Å². The molecule has 5 aliphatic rings. The molecular weight excluding hydrogens is 492 g/mol. The minimum atomic E-state index is -1.01. The molecule has 4 bridgehead atoms. The molecule has 1 saturated heterocycles. The number of methoxy groups -OCH3 is 1. The Labute approximate surface area is 223 Å². The van der Waals surface area contributed by atoms with Gasteiger partial charge in [-0.3, -0.25) is 0 Å². The van der Waals surface area contributed by atoms with Gasteiger partial charge in [0.1, 0.15) is 18.3 Å². The lowest BCUT2D eigenvalue weighted by Gasteiger charge is -2.52. The molecule has 2 saturated carbocycles. The molecular formula is C29H40O9. The zero-order chi connectivity index (χ0) is 27.5. The van der Waals surface area contributed by atoms with Crippen molar-refractivity contribution in [2.75, 3.05) is 7.11 Å². The maximum absolute atomic E-state index is 13.1. The van der Waals surface area contributed by atoms with Gasteiger partial charge in [-0.05, 0) is 44.6 Å². The van der Waals surface area contributed by atoms with E-state index in [2.05, 4.69) is 0 Å². The van der Waals surface area contributed by atoms with Gasteiger partial charge < -0.3 is 34.3 Å². The highest BCUT2D eigenvalue weighted by Gasteiger charge is 2.72. The predicted octanol–water partition coefficient (Wildman–Crippen LogP) is 1.84. The predicted molar refractivity (Wildman–Crippen MR) is 135 cm³/mol. The fraction of sp³-hybridized carbons (Fsp3) is 0.724. The van der Waals surface area contributed by atoms with Crippen molar-refractivity contribution in [2.45, 2.75) is 95.3 Å². The van der Waals surface area contributed by atoms with Crippen molar-refractivity contribution in [3.8, 4) is 0 Å². The van der Waals surface area contributed by atoms with Crippen LogP contribution in [0.4, 0.5) is 0 Å². The van der Waals surface area contributed by atoms with E-state index >= 15 is 0 Å². The van der Waals surface area contributed by atoms with E-state index in [9.17, 15) is 24.9 Å². The fourth-order valence-electron chi connectivity index (χ4n) is 7.85. The summed E-state index contributed by atoms with van der Waals surface area (Å²) in [6.45, 7) is 7.24. The third-order valence-electron chi connectivity index (χ3n) is 9.64. The number of carbonyl (C=O) groups excluding carboxylic acids is 2. The monoisotopic (exact) mass is 532 g/mol. The van der Waals surface area contributed by atoms with E-state index in [-0.39, 0.29) is 18.3 Å². The third kappa shape index (κ3) is 4.18. The minimum absolute atomic E-state index is 0.207. The van der Waals surface area contributed by atoms with Gasteiger partial charge in [0.05, 0.1) is 23.9 Å². The van der Waals surface area contributed by atoms with Crippen LogP contribution in [0.3, 0.4) is 0 Å². The van der Waals surface area contributed by atoms with Crippen molar-refractivity contribution in [3.05, 3.63) is 35.5 Å². The Morgan fingerprint density at radius 2 is 1.97 bits per heavy atom. The zero-order valence-corrected chi connectivity index (χ0v) is 22.7. The molecule has 5 rings (SSSR count). The number of hydrogen-bond acceptors (Lipinski definition) is 9. The summed E-state index contributed by atoms with van der Waals surface area (Å²) in [6, 6.07) is 0. The molecule has 0 aromatic heterocycles. The molecule has 2 heterocycles. The van der Waals surface area contributed by atoms with Crippen LogP contribution in [0.25, 0.3) is 0 Å². The topological polar surface area (TPSA) is 132 Å². The van der Waals surface area contributed by atoms with Gasteiger partial charge in [0.2, 0.25) is 0 Å². The van der Waals surface area contributed by atoms with Crippen LogP contribution in [0.1, 0.15) is 47.0 Å². The Bertz CT molecular complexity index is 1050. The van der Waals surface area contributed by atoms with Gasteiger partial charge in [-0.1, -0.05) is 38.2 Å². The lowest BCUT2D eigenvalue weighted by molar-refractivity contribution is -0.174. The highest BCUT2D eigenvalue weighted by atomic mass is 16.6. The average Bonchev–Trinajstić information content (AvgIpc) is 3.49. The molecule has 0 aromatic carbocycles. The molecule has 3 N–H and O–H groups in total. The molecule has 38 heavy (non-hydrogen) atoms. The summed E-state index contributed by atoms with van der Waals surface area (Å²) >= 11 is 0. The fourth-order valence-corrected chi connectivity index (χ4v) is 7.85. The molecule has 0 aromatic rings. The molecule has 9 heteroatoms. The van der Waals surface area contributed by atoms with E-state index in [0.717, 1.165) is 5.57 Å². The largest absolute Gasteiger partial charge is 0.457 e. The van der Waals surface area contributed by atoms with E-state index in [4.69, 9.17) is 18.9 Å². The van der Waals surface area contributed by atoms with Crippen LogP contribution < -0.4 is 0 Å². The molecule has 0 unspecified atom stereocenters. The summed E-state index contributed by atoms with van der Waals surface area (Å²) < 4.78 is 24.2. The summed E-state index contributed by atoms with van der Waals surface area (Å²) in [5.74, 6) is -3.10. The van der Waals surface area contributed by atoms with Gasteiger partial charge >= 0.3 is 11.9 Å². The van der Waals surface area contributed by atoms with E-state index in [1.54, 1.807) is 13.0 Å². The van der Waals surface area contributed by atoms with Crippen molar-refractivity contribution in [3.63, 3.8) is 0 Å². The normalized spacial score (nSPS) is 48.3. The first-order chi connectivity index (χ1) is 18.0. The molecule has 9 nitrogen and oxygen atoms in total. The number of cyclic esters (lactones) is 1. The van der Waals surface area contributed by atoms with Crippen LogP contribution in [-0.2, 0) is 28.5 Å². The SMILES string of the molecule is CO[C@H]1C[C@H]2C[C@H](O)[C@H]3[C@H]4O[C@]2(/C(C)=C/[C@@H](C)[C@@H]([C@@H](C)O)OC1=O)[C@@H]3[C@H](O)[C@@H](C)[C@H]4OC(=O)C1=CC=CC1. The van der Waals surface area contributed by atoms with Crippen LogP contribution in [0.2, 0.25) is 0 Å². The van der Waals surface area contributed by atoms with Gasteiger partial charge in [-0.15, -0.1) is 0 Å². The number of allylic oxidation sites excluding steroid dienone is 3. The Morgan fingerprint density at radius 3 is 2.61 bits per heavy atom. The highest BCUT2D eigenvalue weighted by Crippen LogP contribution is 2.63. The van der Waals surface area contributed by atoms with Gasteiger partial charge in [-0.2, -0.15) is 0 Å². The number of ether oxygens (including phenoxy) is 4. The minimum Gasteiger partial charge on any atom is -0.457 e. The van der Waals surface area contributed by atoms with Crippen molar-refractivity contribution in [1.82, 2.24) is 0 Å². The average molecular weight is 533 g/mol. The van der Waals surface area contributed by atoms with E-state index in [1.807, 2.05) is 39.0 Å². The van der Waals surface area contributed by atoms with Crippen molar-refractivity contribution in [1.29, 1.82) is 0 Å². The number of aliphatic hydroxyl groups excluding tert-OH is 3. The Hall–Kier alpha value is -2.04. The van der Waals surface area contributed by atoms with Gasteiger partial charge in [0.15, 0.2) is 6.10 Å². The second-order valence-electron chi connectivity index (χ2n) is 11.8. The van der Waals surface area contributed by atoms with E-state index in [0.29, 0.717) is 18.4 Å². The first kappa shape index (κ1) is 27.5. The standard InChI is InChI=1S/C29H40O9/c1-13-10-14(2)29-18(12-20(35-5)28(34)36-24(13)16(4)30)11-19(31)21-22(29)23(32)15(3)25(26(21)38-29)37-27(33)17-8-6-7-9-17/h6-8,10,13,15-16,18-26,30-32H,9,11-12H2,1-5H3/b14-10+/t13-,15-,16-,18-,19+,20+,21-,22+,23-,24+,25-,26-,29+/m1/s1. The zero-order valence-electron chi connectivity index (χ0n) is 22.7. The van der Waals surface area contributed by atoms with Gasteiger partial charge in [0.25, 0.3) is 0 Å². The lowest BCUT2D eigenvalue weighted by Crippen LogP contribution is -2.62. The van der Waals surface area contributed by atoms with Crippen LogP contribution in [-0.4, -0.2) is 82.7 Å². The summed E-state index contributed by atoms with van der Waals surface area (Å²) in [6.07, 6.45) is 2.64. The first-order valence-electron chi connectivity index (χ1n) is 13.7. The highest BCUT2D eigenvalue weighted by molar-refractivity contribution is 5.90. The third-order valence-corrected chi connectivity index (χ3v) is 9.64. The number of carbonyl (C=O) groups is 2. The maximum atomic E-state index is 13.1. The number of aliphatic hydroxyl groups is 3. The molecule has 3 aliphatic carbocycles. The summed E-state index contributed by atoms with van der Waals surface area (Å²) in [5.41, 5.74) is 0.378. The molecule has 2 aliphatic heterocycles. The second-order valence-corrected chi connectivity index (χ2v) is 11.8. The molecule has 3 fully saturated rings. The Kier molecular flexibility index (Phi) is 7.37. The quantitative estimate of drug-likeness (QED) is 0.367. The molecule has 13 atom stereocenters. The van der Waals surface area contributed by atoms with Crippen LogP contribution in [0, 0.1) is 29.6 Å². The van der Waals surface area contributed by atoms with Crippen LogP contribution in [0.5, 0.6) is 0 Å². The van der Waals surface area contributed by atoms with Crippen molar-refractivity contribution < 1.29 is 43.9 Å². The van der Waals surface area contributed by atoms with Gasteiger partial charge in [0, 0.05) is 36.4 Å². The Balaban J connectivity index is 1.58. The smallest absolute Gasteiger partial charge is 0.335 e. The van der Waals surface area contributed by atoms with Crippen molar-refractivity contribution in [2.24, 2.45) is 29.6 Å².